The fourth-order valence-corrected chi connectivity index (χ4v) is 9.64. The predicted molar refractivity (Wildman–Crippen MR) is 228 cm³/mol. The average molecular weight is 837 g/mol. The number of likely N-dealkylation sites (N-methyl/N-ethyl adjacent to an activating group) is 1. The molecule has 2 bridgehead atoms. The Morgan fingerprint density at radius 3 is 2.60 bits per heavy atom. The molecule has 4 aliphatic rings. The van der Waals surface area contributed by atoms with Gasteiger partial charge in [-0.2, -0.15) is 10.1 Å². The van der Waals surface area contributed by atoms with Gasteiger partial charge in [-0.1, -0.05) is 23.7 Å². The number of ether oxygens (including phenoxy) is 1. The Hall–Kier alpha value is -5.81. The highest BCUT2D eigenvalue weighted by molar-refractivity contribution is 6.33. The fourth-order valence-electron chi connectivity index (χ4n) is 9.50. The zero-order valence-corrected chi connectivity index (χ0v) is 34.9. The number of halogens is 1. The van der Waals surface area contributed by atoms with E-state index in [0.717, 1.165) is 74.3 Å². The molecule has 314 valence electrons. The molecule has 1 unspecified atom stereocenters. The van der Waals surface area contributed by atoms with Crippen LogP contribution in [0.25, 0.3) is 21.9 Å². The van der Waals surface area contributed by atoms with Crippen molar-refractivity contribution in [2.24, 2.45) is 13.0 Å². The Bertz CT molecular complexity index is 2570. The third-order valence-electron chi connectivity index (χ3n) is 12.5. The molecule has 1 aromatic carbocycles. The van der Waals surface area contributed by atoms with Crippen LogP contribution in [0.3, 0.4) is 0 Å². The molecule has 4 fully saturated rings. The summed E-state index contributed by atoms with van der Waals surface area (Å²) in [5, 5.41) is 15.1. The number of aryl methyl sites for hydroxylation is 1. The second-order valence-electron chi connectivity index (χ2n) is 16.6. The van der Waals surface area contributed by atoms with Gasteiger partial charge < -0.3 is 25.2 Å². The van der Waals surface area contributed by atoms with E-state index < -0.39 is 5.92 Å². The summed E-state index contributed by atoms with van der Waals surface area (Å²) in [6, 6.07) is 10.2. The third-order valence-corrected chi connectivity index (χ3v) is 12.8. The van der Waals surface area contributed by atoms with Crippen molar-refractivity contribution in [3.63, 3.8) is 0 Å². The number of nitrogens with zero attached hydrogens (tertiary/aromatic N) is 9. The summed E-state index contributed by atoms with van der Waals surface area (Å²) in [5.74, 6) is 0.476. The lowest BCUT2D eigenvalue weighted by molar-refractivity contribution is -0.134. The Kier molecular flexibility index (Phi) is 10.6. The minimum atomic E-state index is -0.426. The lowest BCUT2D eigenvalue weighted by Crippen LogP contribution is -2.49. The lowest BCUT2D eigenvalue weighted by Gasteiger charge is -2.39. The van der Waals surface area contributed by atoms with E-state index in [4.69, 9.17) is 26.4 Å². The van der Waals surface area contributed by atoms with Crippen LogP contribution < -0.4 is 36.0 Å². The van der Waals surface area contributed by atoms with Crippen molar-refractivity contribution in [1.82, 2.24) is 44.8 Å². The first-order chi connectivity index (χ1) is 28.9. The van der Waals surface area contributed by atoms with E-state index in [9.17, 15) is 19.2 Å². The number of benzene rings is 1. The van der Waals surface area contributed by atoms with Crippen LogP contribution in [-0.4, -0.2) is 110 Å². The number of anilines is 4. The highest BCUT2D eigenvalue weighted by Gasteiger charge is 2.45. The molecule has 5 aromatic rings. The van der Waals surface area contributed by atoms with E-state index in [1.165, 1.54) is 7.05 Å². The van der Waals surface area contributed by atoms with Crippen molar-refractivity contribution in [2.45, 2.75) is 70.0 Å². The summed E-state index contributed by atoms with van der Waals surface area (Å²) in [6.07, 6.45) is 7.30. The molecule has 3 atom stereocenters. The molecule has 0 saturated carbocycles. The zero-order chi connectivity index (χ0) is 41.8. The van der Waals surface area contributed by atoms with Gasteiger partial charge in [0.25, 0.3) is 11.5 Å². The molecule has 9 rings (SSSR count). The molecule has 60 heavy (non-hydrogen) atoms. The Morgan fingerprint density at radius 1 is 1.05 bits per heavy atom. The van der Waals surface area contributed by atoms with Crippen LogP contribution in [0.4, 0.5) is 23.1 Å². The summed E-state index contributed by atoms with van der Waals surface area (Å²) in [5.41, 5.74) is 3.67. The molecule has 0 spiro atoms. The number of aromatic nitrogens is 6. The maximum atomic E-state index is 13.2. The first kappa shape index (κ1) is 39.6. The minimum absolute atomic E-state index is 0.0618. The van der Waals surface area contributed by atoms with Crippen molar-refractivity contribution < 1.29 is 19.1 Å². The molecule has 18 heteroatoms. The quantitative estimate of drug-likeness (QED) is 0.163. The Labute approximate surface area is 351 Å². The van der Waals surface area contributed by atoms with E-state index in [0.29, 0.717) is 64.4 Å². The van der Waals surface area contributed by atoms with E-state index >= 15 is 0 Å². The number of hydrogen-bond acceptors (Lipinski definition) is 13. The number of nitrogens with one attached hydrogen (secondary N) is 3. The summed E-state index contributed by atoms with van der Waals surface area (Å²) in [6.45, 7) is 8.25. The number of fused-ring (bicyclic) bond motifs is 4. The minimum Gasteiger partial charge on any atom is -0.478 e. The van der Waals surface area contributed by atoms with Crippen LogP contribution >= 0.6 is 11.6 Å². The first-order valence-corrected chi connectivity index (χ1v) is 21.1. The number of piperidine rings is 2. The van der Waals surface area contributed by atoms with E-state index in [1.807, 2.05) is 37.7 Å². The van der Waals surface area contributed by atoms with Gasteiger partial charge in [-0.3, -0.25) is 38.6 Å². The summed E-state index contributed by atoms with van der Waals surface area (Å²) in [4.78, 5) is 71.1. The third kappa shape index (κ3) is 7.37. The monoisotopic (exact) mass is 836 g/mol. The number of pyridine rings is 2. The number of carbonyl (C=O) groups excluding carboxylic acids is 3. The fraction of sp³-hybridized carbons (Fsp3) is 0.476. The number of carbonyl (C=O) groups is 3. The molecular weight excluding hydrogens is 788 g/mol. The van der Waals surface area contributed by atoms with Crippen LogP contribution in [0.15, 0.2) is 47.5 Å². The summed E-state index contributed by atoms with van der Waals surface area (Å²) < 4.78 is 9.05. The van der Waals surface area contributed by atoms with Gasteiger partial charge in [-0.25, -0.2) is 9.97 Å². The smallest absolute Gasteiger partial charge is 0.294 e. The standard InChI is InChI=1S/C42H49ClN12O5/c1-23(2)55-39-25(15-33(41(55)59)60-22-35(57)44-3)14-26(17-45-39)47-38-31(43)18-46-42(49-38)54-21-27-16-28(54)20-53(27)19-24-10-12-52(13-11-24)32-7-5-6-29-36(50-51(4)37(29)32)30-8-9-34(56)48-40(30)58/h5-7,14-15,17-18,23-24,27-28,30H,8-13,16,19-22H2,1-4H3,(H,44,57)(H,46,47,49)(H,48,56,58)/t27-,28-,30?/m1/s1. The normalized spacial score (nSPS) is 21.1. The first-order valence-electron chi connectivity index (χ1n) is 20.7. The highest BCUT2D eigenvalue weighted by Crippen LogP contribution is 2.39. The molecule has 4 saturated heterocycles. The number of imide groups is 1. The summed E-state index contributed by atoms with van der Waals surface area (Å²) >= 11 is 6.64. The topological polar surface area (TPSA) is 185 Å². The van der Waals surface area contributed by atoms with Crippen LogP contribution in [0.1, 0.15) is 63.6 Å². The second-order valence-corrected chi connectivity index (χ2v) is 17.0. The van der Waals surface area contributed by atoms with E-state index in [2.05, 4.69) is 52.8 Å². The van der Waals surface area contributed by atoms with E-state index in [-0.39, 0.29) is 41.7 Å². The van der Waals surface area contributed by atoms with Crippen molar-refractivity contribution in [1.29, 1.82) is 0 Å². The van der Waals surface area contributed by atoms with Gasteiger partial charge in [0.05, 0.1) is 40.9 Å². The molecule has 8 heterocycles. The Morgan fingerprint density at radius 2 is 1.87 bits per heavy atom. The Balaban J connectivity index is 0.834. The van der Waals surface area contributed by atoms with Crippen molar-refractivity contribution >= 4 is 74.4 Å². The number of para-hydroxylation sites is 1. The maximum Gasteiger partial charge on any atom is 0.294 e. The number of amides is 3. The largest absolute Gasteiger partial charge is 0.478 e. The molecule has 0 aliphatic carbocycles. The van der Waals surface area contributed by atoms with E-state index in [1.54, 1.807) is 23.0 Å². The number of hydrogen-bond donors (Lipinski definition) is 3. The molecule has 3 amide bonds. The van der Waals surface area contributed by atoms with Gasteiger partial charge in [-0.05, 0) is 63.6 Å². The maximum absolute atomic E-state index is 13.2. The number of rotatable bonds is 11. The van der Waals surface area contributed by atoms with Crippen molar-refractivity contribution in [3.05, 3.63) is 63.8 Å². The van der Waals surface area contributed by atoms with Gasteiger partial charge >= 0.3 is 0 Å². The lowest BCUT2D eigenvalue weighted by atomic mass is 9.92. The number of piperazine rings is 1. The van der Waals surface area contributed by atoms with Crippen molar-refractivity contribution in [2.75, 3.05) is 61.5 Å². The number of likely N-dealkylation sites (tertiary alicyclic amines) is 1. The van der Waals surface area contributed by atoms with Crippen LogP contribution in [0, 0.1) is 5.92 Å². The molecule has 17 nitrogen and oxygen atoms in total. The predicted octanol–water partition coefficient (Wildman–Crippen LogP) is 3.88. The SMILES string of the molecule is CNC(=O)COc1cc2cc(Nc3nc(N4C[C@H]5C[C@@H]4CN5CC4CCN(c5cccc6c(C7CCC(=O)NC7=O)nn(C)c56)CC4)ncc3Cl)cnc2n(C(C)C)c1=O. The van der Waals surface area contributed by atoms with Crippen molar-refractivity contribution in [3.8, 4) is 5.75 Å². The average Bonchev–Trinajstić information content (AvgIpc) is 3.94. The zero-order valence-electron chi connectivity index (χ0n) is 34.2. The molecule has 4 aliphatic heterocycles. The van der Waals surface area contributed by atoms with Gasteiger partial charge in [0.1, 0.15) is 10.7 Å². The molecule has 4 aromatic heterocycles. The van der Waals surface area contributed by atoms with Gasteiger partial charge in [0.2, 0.25) is 17.8 Å². The van der Waals surface area contributed by atoms with Crippen LogP contribution in [-0.2, 0) is 21.4 Å². The second kappa shape index (κ2) is 16.0. The van der Waals surface area contributed by atoms with Gasteiger partial charge in [0.15, 0.2) is 18.2 Å². The highest BCUT2D eigenvalue weighted by atomic mass is 35.5. The molecule has 0 radical (unpaired) electrons. The summed E-state index contributed by atoms with van der Waals surface area (Å²) in [7, 11) is 3.45. The molecule has 3 N–H and O–H groups in total. The van der Waals surface area contributed by atoms with Gasteiger partial charge in [-0.15, -0.1) is 0 Å². The van der Waals surface area contributed by atoms with Gasteiger partial charge in [0, 0.05) is 82.1 Å². The molecular formula is C42H49ClN12O5. The van der Waals surface area contributed by atoms with Crippen LogP contribution in [0.2, 0.25) is 5.02 Å². The van der Waals surface area contributed by atoms with Crippen LogP contribution in [0.5, 0.6) is 5.75 Å².